The van der Waals surface area contributed by atoms with E-state index in [0.29, 0.717) is 24.2 Å². The molecule has 0 aliphatic carbocycles. The lowest BCUT2D eigenvalue weighted by atomic mass is 10.1. The quantitative estimate of drug-likeness (QED) is 0.858. The molecular weight excluding hydrogens is 267 g/mol. The van der Waals surface area contributed by atoms with Crippen LogP contribution < -0.4 is 5.32 Å². The van der Waals surface area contributed by atoms with Gasteiger partial charge >= 0.3 is 0 Å². The fourth-order valence-electron chi connectivity index (χ4n) is 2.94. The number of hydrogen-bond acceptors (Lipinski definition) is 2. The van der Waals surface area contributed by atoms with Gasteiger partial charge in [0.1, 0.15) is 5.82 Å². The molecule has 1 aromatic rings. The summed E-state index contributed by atoms with van der Waals surface area (Å²) in [5.74, 6) is -0.646. The Bertz CT molecular complexity index is 508. The minimum Gasteiger partial charge on any atom is -0.337 e. The molecule has 2 aliphatic rings. The average Bonchev–Trinajstić information content (AvgIpc) is 2.72. The summed E-state index contributed by atoms with van der Waals surface area (Å²) in [5.41, 5.74) is 0.375. The van der Waals surface area contributed by atoms with Crippen LogP contribution in [-0.4, -0.2) is 36.0 Å². The Kier molecular flexibility index (Phi) is 3.46. The van der Waals surface area contributed by atoms with Gasteiger partial charge in [-0.2, -0.15) is 0 Å². The molecule has 0 radical (unpaired) electrons. The van der Waals surface area contributed by atoms with Gasteiger partial charge in [-0.3, -0.25) is 4.79 Å². The van der Waals surface area contributed by atoms with Crippen molar-refractivity contribution in [3.63, 3.8) is 0 Å². The van der Waals surface area contributed by atoms with Crippen LogP contribution in [0.25, 0.3) is 0 Å². The Morgan fingerprint density at radius 1 is 1.32 bits per heavy atom. The summed E-state index contributed by atoms with van der Waals surface area (Å²) in [7, 11) is 0. The zero-order valence-electron chi connectivity index (χ0n) is 10.5. The number of carbonyl (C=O) groups is 1. The highest BCUT2D eigenvalue weighted by Crippen LogP contribution is 2.22. The Balaban J connectivity index is 1.77. The van der Waals surface area contributed by atoms with E-state index in [4.69, 9.17) is 11.6 Å². The fraction of sp³-hybridized carbons (Fsp3) is 0.500. The van der Waals surface area contributed by atoms with Crippen LogP contribution in [0.2, 0.25) is 5.02 Å². The lowest BCUT2D eigenvalue weighted by Crippen LogP contribution is -2.39. The van der Waals surface area contributed by atoms with Gasteiger partial charge < -0.3 is 10.2 Å². The number of fused-ring (bicyclic) bond motifs is 2. The molecule has 0 spiro atoms. The lowest BCUT2D eigenvalue weighted by Gasteiger charge is -2.24. The van der Waals surface area contributed by atoms with Gasteiger partial charge in [0.15, 0.2) is 0 Å². The van der Waals surface area contributed by atoms with Gasteiger partial charge in [0.2, 0.25) is 0 Å². The molecular formula is C14H16ClFN2O. The van der Waals surface area contributed by atoms with E-state index < -0.39 is 5.82 Å². The van der Waals surface area contributed by atoms with Crippen molar-refractivity contribution in [2.75, 3.05) is 13.1 Å². The number of hydrogen-bond donors (Lipinski definition) is 1. The van der Waals surface area contributed by atoms with Crippen molar-refractivity contribution in [2.24, 2.45) is 0 Å². The minimum atomic E-state index is -0.540. The van der Waals surface area contributed by atoms with E-state index in [2.05, 4.69) is 5.32 Å². The summed E-state index contributed by atoms with van der Waals surface area (Å²) in [6.07, 6.45) is 3.28. The first kappa shape index (κ1) is 12.9. The Labute approximate surface area is 116 Å². The van der Waals surface area contributed by atoms with Crippen LogP contribution >= 0.6 is 11.6 Å². The summed E-state index contributed by atoms with van der Waals surface area (Å²) < 4.78 is 13.4. The van der Waals surface area contributed by atoms with Crippen LogP contribution in [0.15, 0.2) is 18.2 Å². The monoisotopic (exact) mass is 282 g/mol. The number of halogens is 2. The van der Waals surface area contributed by atoms with Crippen LogP contribution in [0.3, 0.4) is 0 Å². The molecule has 2 fully saturated rings. The number of carbonyl (C=O) groups excluding carboxylic acids is 1. The fourth-order valence-corrected chi connectivity index (χ4v) is 3.06. The van der Waals surface area contributed by atoms with E-state index >= 15 is 0 Å². The number of nitrogens with one attached hydrogen (secondary N) is 1. The van der Waals surface area contributed by atoms with Crippen molar-refractivity contribution >= 4 is 17.5 Å². The topological polar surface area (TPSA) is 32.3 Å². The highest BCUT2D eigenvalue weighted by atomic mass is 35.5. The molecule has 3 rings (SSSR count). The summed E-state index contributed by atoms with van der Waals surface area (Å²) in [4.78, 5) is 14.2. The van der Waals surface area contributed by atoms with E-state index in [0.717, 1.165) is 19.4 Å². The van der Waals surface area contributed by atoms with Crippen molar-refractivity contribution in [1.82, 2.24) is 10.2 Å². The molecule has 1 aromatic carbocycles. The minimum absolute atomic E-state index is 0.0492. The summed E-state index contributed by atoms with van der Waals surface area (Å²) in [6, 6.07) is 5.16. The van der Waals surface area contributed by atoms with Crippen LogP contribution in [0.1, 0.15) is 29.6 Å². The molecule has 2 atom stereocenters. The number of likely N-dealkylation sites (tertiary alicyclic amines) is 1. The molecule has 2 bridgehead atoms. The third-order valence-electron chi connectivity index (χ3n) is 3.98. The van der Waals surface area contributed by atoms with E-state index in [9.17, 15) is 9.18 Å². The van der Waals surface area contributed by atoms with Gasteiger partial charge in [-0.25, -0.2) is 4.39 Å². The first-order valence-corrected chi connectivity index (χ1v) is 7.01. The predicted molar refractivity (Wildman–Crippen MR) is 71.9 cm³/mol. The highest BCUT2D eigenvalue weighted by Gasteiger charge is 2.31. The summed E-state index contributed by atoms with van der Waals surface area (Å²) >= 11 is 5.64. The van der Waals surface area contributed by atoms with E-state index in [1.165, 1.54) is 18.6 Å². The maximum atomic E-state index is 13.4. The van der Waals surface area contributed by atoms with Crippen molar-refractivity contribution < 1.29 is 9.18 Å². The molecule has 1 amide bonds. The second-order valence-electron chi connectivity index (χ2n) is 5.31. The van der Waals surface area contributed by atoms with Gasteiger partial charge in [0.05, 0.1) is 5.02 Å². The van der Waals surface area contributed by atoms with Crippen molar-refractivity contribution in [3.05, 3.63) is 34.6 Å². The van der Waals surface area contributed by atoms with Gasteiger partial charge in [0.25, 0.3) is 5.91 Å². The van der Waals surface area contributed by atoms with Crippen molar-refractivity contribution in [2.45, 2.75) is 31.3 Å². The number of nitrogens with zero attached hydrogens (tertiary/aromatic N) is 1. The normalized spacial score (nSPS) is 26.3. The van der Waals surface area contributed by atoms with E-state index in [-0.39, 0.29) is 10.9 Å². The zero-order valence-corrected chi connectivity index (χ0v) is 11.3. The highest BCUT2D eigenvalue weighted by molar-refractivity contribution is 6.30. The smallest absolute Gasteiger partial charge is 0.254 e. The van der Waals surface area contributed by atoms with Crippen LogP contribution in [-0.2, 0) is 0 Å². The SMILES string of the molecule is O=C(c1ccc(Cl)c(F)c1)N1CCC2CCC(C1)N2. The number of rotatable bonds is 1. The van der Waals surface area contributed by atoms with Gasteiger partial charge in [-0.15, -0.1) is 0 Å². The Morgan fingerprint density at radius 3 is 2.89 bits per heavy atom. The summed E-state index contributed by atoms with van der Waals surface area (Å²) in [6.45, 7) is 1.44. The maximum absolute atomic E-state index is 13.4. The Morgan fingerprint density at radius 2 is 2.11 bits per heavy atom. The second kappa shape index (κ2) is 5.10. The first-order valence-electron chi connectivity index (χ1n) is 6.64. The largest absolute Gasteiger partial charge is 0.337 e. The number of benzene rings is 1. The van der Waals surface area contributed by atoms with E-state index in [1.807, 2.05) is 4.90 Å². The molecule has 102 valence electrons. The number of amides is 1. The van der Waals surface area contributed by atoms with Crippen LogP contribution in [0.4, 0.5) is 4.39 Å². The van der Waals surface area contributed by atoms with Crippen molar-refractivity contribution in [1.29, 1.82) is 0 Å². The predicted octanol–water partition coefficient (Wildman–Crippen LogP) is 2.45. The molecule has 3 nitrogen and oxygen atoms in total. The van der Waals surface area contributed by atoms with E-state index in [1.54, 1.807) is 6.07 Å². The third kappa shape index (κ3) is 2.60. The molecule has 19 heavy (non-hydrogen) atoms. The van der Waals surface area contributed by atoms with Gasteiger partial charge in [-0.05, 0) is 37.5 Å². The van der Waals surface area contributed by atoms with Crippen LogP contribution in [0.5, 0.6) is 0 Å². The standard InChI is InChI=1S/C14H16ClFN2O/c15-12-4-1-9(7-13(12)16)14(19)18-6-5-10-2-3-11(8-18)17-10/h1,4,7,10-11,17H,2-3,5-6,8H2. The van der Waals surface area contributed by atoms with Crippen molar-refractivity contribution in [3.8, 4) is 0 Å². The maximum Gasteiger partial charge on any atom is 0.254 e. The van der Waals surface area contributed by atoms with Gasteiger partial charge in [-0.1, -0.05) is 11.6 Å². The zero-order chi connectivity index (χ0) is 13.4. The molecule has 2 heterocycles. The molecule has 0 saturated carbocycles. The molecule has 2 unspecified atom stereocenters. The molecule has 1 N–H and O–H groups in total. The van der Waals surface area contributed by atoms with Gasteiger partial charge in [0, 0.05) is 30.7 Å². The molecule has 2 aliphatic heterocycles. The lowest BCUT2D eigenvalue weighted by molar-refractivity contribution is 0.0747. The second-order valence-corrected chi connectivity index (χ2v) is 5.71. The average molecular weight is 283 g/mol. The molecule has 5 heteroatoms. The molecule has 0 aromatic heterocycles. The van der Waals surface area contributed by atoms with Crippen LogP contribution in [0, 0.1) is 5.82 Å². The summed E-state index contributed by atoms with van der Waals surface area (Å²) in [5, 5.41) is 3.57. The third-order valence-corrected chi connectivity index (χ3v) is 4.28. The molecule has 2 saturated heterocycles. The Hall–Kier alpha value is -1.13. The first-order chi connectivity index (χ1) is 9.13.